The van der Waals surface area contributed by atoms with Crippen LogP contribution in [0.2, 0.25) is 0 Å². The number of hydrogen-bond donors (Lipinski definition) is 1. The Balaban J connectivity index is 1.99. The minimum atomic E-state index is -0.524. The largest absolute Gasteiger partial charge is 0.427 e. The van der Waals surface area contributed by atoms with Crippen molar-refractivity contribution < 1.29 is 9.53 Å². The summed E-state index contributed by atoms with van der Waals surface area (Å²) >= 11 is 0. The molecule has 0 bridgehead atoms. The number of nitrogens with one attached hydrogen (secondary N) is 1. The van der Waals surface area contributed by atoms with Crippen molar-refractivity contribution in [3.05, 3.63) is 30.3 Å². The maximum absolute atomic E-state index is 12.2. The quantitative estimate of drug-likeness (QED) is 0.869. The zero-order chi connectivity index (χ0) is 16.2. The topological polar surface area (TPSA) is 44.8 Å². The Bertz CT molecular complexity index is 480. The molecule has 1 aliphatic heterocycles. The summed E-state index contributed by atoms with van der Waals surface area (Å²) in [4.78, 5) is 16.7. The summed E-state index contributed by atoms with van der Waals surface area (Å²) < 4.78 is 5.82. The lowest BCUT2D eigenvalue weighted by Gasteiger charge is -2.45. The van der Waals surface area contributed by atoms with E-state index in [9.17, 15) is 4.79 Å². The highest BCUT2D eigenvalue weighted by atomic mass is 16.6. The predicted molar refractivity (Wildman–Crippen MR) is 88.9 cm³/mol. The van der Waals surface area contributed by atoms with Crippen LogP contribution in [0.5, 0.6) is 0 Å². The zero-order valence-electron chi connectivity index (χ0n) is 14.0. The third-order valence-corrected chi connectivity index (χ3v) is 4.43. The molecule has 5 heteroatoms. The molecule has 0 unspecified atom stereocenters. The Hall–Kier alpha value is -1.59. The lowest BCUT2D eigenvalue weighted by molar-refractivity contribution is -0.123. The van der Waals surface area contributed by atoms with Crippen LogP contribution in [0.25, 0.3) is 0 Å². The molecule has 1 N–H and O–H groups in total. The van der Waals surface area contributed by atoms with Gasteiger partial charge in [0.05, 0.1) is 0 Å². The number of piperidine rings is 1. The van der Waals surface area contributed by atoms with Gasteiger partial charge < -0.3 is 9.64 Å². The molecule has 1 aromatic carbocycles. The SMILES string of the molecule is CC(C)N1CCC(OC(=O)Nc2ccccc2)(N(C)C)CC1. The number of amides is 1. The average molecular weight is 305 g/mol. The molecule has 1 heterocycles. The Kier molecular flexibility index (Phi) is 5.42. The Morgan fingerprint density at radius 1 is 1.23 bits per heavy atom. The highest BCUT2D eigenvalue weighted by Crippen LogP contribution is 2.29. The van der Waals surface area contributed by atoms with E-state index >= 15 is 0 Å². The molecule has 1 saturated heterocycles. The molecule has 2 rings (SSSR count). The standard InChI is InChI=1S/C17H27N3O2/c1-14(2)20-12-10-17(11-13-20,19(3)4)22-16(21)18-15-8-6-5-7-9-15/h5-9,14H,10-13H2,1-4H3,(H,18,21). The van der Waals surface area contributed by atoms with Crippen molar-refractivity contribution in [1.82, 2.24) is 9.80 Å². The van der Waals surface area contributed by atoms with E-state index in [1.807, 2.05) is 49.3 Å². The highest BCUT2D eigenvalue weighted by molar-refractivity contribution is 5.84. The third kappa shape index (κ3) is 3.99. The van der Waals surface area contributed by atoms with Crippen molar-refractivity contribution in [3.63, 3.8) is 0 Å². The fraction of sp³-hybridized carbons (Fsp3) is 0.588. The molecule has 122 valence electrons. The average Bonchev–Trinajstić information content (AvgIpc) is 2.48. The molecule has 1 aromatic rings. The van der Waals surface area contributed by atoms with Gasteiger partial charge in [-0.3, -0.25) is 10.2 Å². The van der Waals surface area contributed by atoms with Gasteiger partial charge in [-0.25, -0.2) is 4.79 Å². The predicted octanol–water partition coefficient (Wildman–Crippen LogP) is 3.00. The van der Waals surface area contributed by atoms with Gasteiger partial charge in [0.2, 0.25) is 0 Å². The van der Waals surface area contributed by atoms with Gasteiger partial charge in [-0.2, -0.15) is 0 Å². The summed E-state index contributed by atoms with van der Waals surface area (Å²) in [5, 5.41) is 2.80. The fourth-order valence-electron chi connectivity index (χ4n) is 2.87. The zero-order valence-corrected chi connectivity index (χ0v) is 14.0. The van der Waals surface area contributed by atoms with Gasteiger partial charge in [0.15, 0.2) is 5.72 Å². The highest BCUT2D eigenvalue weighted by Gasteiger charge is 2.40. The number of benzene rings is 1. The maximum atomic E-state index is 12.2. The molecular formula is C17H27N3O2. The number of ether oxygens (including phenoxy) is 1. The molecule has 1 amide bonds. The second-order valence-electron chi connectivity index (χ2n) is 6.35. The molecule has 0 spiro atoms. The van der Waals surface area contributed by atoms with Crippen LogP contribution in [-0.4, -0.2) is 54.8 Å². The number of rotatable bonds is 4. The van der Waals surface area contributed by atoms with Gasteiger partial charge in [0, 0.05) is 37.7 Å². The summed E-state index contributed by atoms with van der Waals surface area (Å²) in [6.07, 6.45) is 1.25. The summed E-state index contributed by atoms with van der Waals surface area (Å²) in [7, 11) is 3.95. The van der Waals surface area contributed by atoms with E-state index in [1.165, 1.54) is 0 Å². The number of carbonyl (C=O) groups is 1. The second-order valence-corrected chi connectivity index (χ2v) is 6.35. The first-order valence-corrected chi connectivity index (χ1v) is 7.89. The number of para-hydroxylation sites is 1. The fourth-order valence-corrected chi connectivity index (χ4v) is 2.87. The number of nitrogens with zero attached hydrogens (tertiary/aromatic N) is 2. The Morgan fingerprint density at radius 2 is 1.82 bits per heavy atom. The summed E-state index contributed by atoms with van der Waals surface area (Å²) in [5.41, 5.74) is 0.227. The summed E-state index contributed by atoms with van der Waals surface area (Å²) in [6.45, 7) is 6.28. The van der Waals surface area contributed by atoms with Crippen molar-refractivity contribution in [3.8, 4) is 0 Å². The van der Waals surface area contributed by atoms with Crippen molar-refractivity contribution in [2.24, 2.45) is 0 Å². The number of anilines is 1. The van der Waals surface area contributed by atoms with E-state index in [2.05, 4.69) is 24.1 Å². The number of hydrogen-bond acceptors (Lipinski definition) is 4. The minimum Gasteiger partial charge on any atom is -0.427 e. The van der Waals surface area contributed by atoms with Crippen LogP contribution in [0.15, 0.2) is 30.3 Å². The molecule has 0 saturated carbocycles. The summed E-state index contributed by atoms with van der Waals surface area (Å²) in [5.74, 6) is 0. The van der Waals surface area contributed by atoms with Gasteiger partial charge in [0.1, 0.15) is 0 Å². The van der Waals surface area contributed by atoms with Crippen LogP contribution in [-0.2, 0) is 4.74 Å². The van der Waals surface area contributed by atoms with Crippen molar-refractivity contribution in [2.75, 3.05) is 32.5 Å². The maximum Gasteiger partial charge on any atom is 0.413 e. The molecule has 0 aromatic heterocycles. The first-order chi connectivity index (χ1) is 10.4. The van der Waals surface area contributed by atoms with E-state index in [0.717, 1.165) is 31.6 Å². The van der Waals surface area contributed by atoms with Crippen LogP contribution < -0.4 is 5.32 Å². The van der Waals surface area contributed by atoms with Crippen LogP contribution in [0.3, 0.4) is 0 Å². The number of likely N-dealkylation sites (tertiary alicyclic amines) is 1. The second kappa shape index (κ2) is 7.11. The molecule has 0 atom stereocenters. The van der Waals surface area contributed by atoms with Crippen LogP contribution in [0.4, 0.5) is 10.5 Å². The molecule has 1 aliphatic rings. The smallest absolute Gasteiger partial charge is 0.413 e. The lowest BCUT2D eigenvalue weighted by Crippen LogP contribution is -2.56. The monoisotopic (exact) mass is 305 g/mol. The van der Waals surface area contributed by atoms with E-state index in [-0.39, 0.29) is 0 Å². The lowest BCUT2D eigenvalue weighted by atomic mass is 9.98. The van der Waals surface area contributed by atoms with Gasteiger partial charge in [-0.05, 0) is 40.1 Å². The van der Waals surface area contributed by atoms with E-state index < -0.39 is 11.8 Å². The number of carbonyl (C=O) groups excluding carboxylic acids is 1. The van der Waals surface area contributed by atoms with Crippen molar-refractivity contribution >= 4 is 11.8 Å². The van der Waals surface area contributed by atoms with E-state index in [1.54, 1.807) is 0 Å². The van der Waals surface area contributed by atoms with Crippen LogP contribution >= 0.6 is 0 Å². The first-order valence-electron chi connectivity index (χ1n) is 7.89. The van der Waals surface area contributed by atoms with Gasteiger partial charge in [-0.1, -0.05) is 18.2 Å². The Labute approximate surface area is 133 Å². The van der Waals surface area contributed by atoms with Crippen LogP contribution in [0, 0.1) is 0 Å². The molecule has 5 nitrogen and oxygen atoms in total. The third-order valence-electron chi connectivity index (χ3n) is 4.43. The summed E-state index contributed by atoms with van der Waals surface area (Å²) in [6, 6.07) is 9.92. The molecule has 0 aliphatic carbocycles. The van der Waals surface area contributed by atoms with E-state index in [4.69, 9.17) is 4.74 Å². The first kappa shape index (κ1) is 16.8. The normalized spacial score (nSPS) is 18.5. The Morgan fingerprint density at radius 3 is 2.32 bits per heavy atom. The van der Waals surface area contributed by atoms with Crippen LogP contribution in [0.1, 0.15) is 26.7 Å². The molecular weight excluding hydrogens is 278 g/mol. The van der Waals surface area contributed by atoms with Gasteiger partial charge in [-0.15, -0.1) is 0 Å². The van der Waals surface area contributed by atoms with Crippen molar-refractivity contribution in [1.29, 1.82) is 0 Å². The van der Waals surface area contributed by atoms with Crippen molar-refractivity contribution in [2.45, 2.75) is 38.5 Å². The molecule has 0 radical (unpaired) electrons. The molecule has 22 heavy (non-hydrogen) atoms. The minimum absolute atomic E-state index is 0.391. The van der Waals surface area contributed by atoms with Gasteiger partial charge >= 0.3 is 6.09 Å². The molecule has 1 fully saturated rings. The van der Waals surface area contributed by atoms with E-state index in [0.29, 0.717) is 6.04 Å². The van der Waals surface area contributed by atoms with Gasteiger partial charge in [0.25, 0.3) is 0 Å².